The Morgan fingerprint density at radius 1 is 1.36 bits per heavy atom. The third kappa shape index (κ3) is 3.54. The van der Waals surface area contributed by atoms with E-state index in [0.717, 1.165) is 23.6 Å². The zero-order chi connectivity index (χ0) is 10.4. The number of nitrogens with one attached hydrogen (secondary N) is 1. The van der Waals surface area contributed by atoms with E-state index in [1.54, 1.807) is 11.8 Å². The van der Waals surface area contributed by atoms with E-state index >= 15 is 0 Å². The minimum absolute atomic E-state index is 0.238. The van der Waals surface area contributed by atoms with Crippen molar-refractivity contribution in [1.29, 1.82) is 0 Å². The third-order valence-corrected chi connectivity index (χ3v) is 2.60. The first-order valence-corrected chi connectivity index (χ1v) is 5.66. The van der Waals surface area contributed by atoms with Crippen LogP contribution in [0.25, 0.3) is 0 Å². The number of anilines is 1. The summed E-state index contributed by atoms with van der Waals surface area (Å²) in [5, 5.41) is 2.85. The molecular formula is C10H13F2NS. The largest absolute Gasteiger partial charge is 0.382 e. The highest BCUT2D eigenvalue weighted by Gasteiger charge is 2.01. The predicted octanol–water partition coefficient (Wildman–Crippen LogP) is 3.13. The summed E-state index contributed by atoms with van der Waals surface area (Å²) in [6.45, 7) is 2.71. The van der Waals surface area contributed by atoms with Crippen molar-refractivity contribution in [2.75, 3.05) is 23.4 Å². The number of benzene rings is 1. The average Bonchev–Trinajstić information content (AvgIpc) is 2.18. The summed E-state index contributed by atoms with van der Waals surface area (Å²) in [4.78, 5) is 0. The van der Waals surface area contributed by atoms with Crippen molar-refractivity contribution in [1.82, 2.24) is 0 Å². The highest BCUT2D eigenvalue weighted by molar-refractivity contribution is 7.99. The molecule has 78 valence electrons. The molecule has 1 aromatic carbocycles. The van der Waals surface area contributed by atoms with E-state index in [-0.39, 0.29) is 5.69 Å². The maximum Gasteiger partial charge on any atom is 0.146 e. The van der Waals surface area contributed by atoms with Gasteiger partial charge in [0.2, 0.25) is 0 Å². The molecule has 1 N–H and O–H groups in total. The smallest absolute Gasteiger partial charge is 0.146 e. The molecule has 0 spiro atoms. The van der Waals surface area contributed by atoms with Crippen molar-refractivity contribution in [2.24, 2.45) is 0 Å². The van der Waals surface area contributed by atoms with Crippen molar-refractivity contribution in [3.05, 3.63) is 29.8 Å². The van der Waals surface area contributed by atoms with Crippen LogP contribution in [0, 0.1) is 11.6 Å². The Kier molecular flexibility index (Phi) is 4.73. The molecule has 0 fully saturated rings. The molecular weight excluding hydrogens is 204 g/mol. The first-order chi connectivity index (χ1) is 6.74. The first-order valence-electron chi connectivity index (χ1n) is 4.50. The van der Waals surface area contributed by atoms with Gasteiger partial charge in [-0.1, -0.05) is 6.92 Å². The SMILES string of the molecule is CCSCCNc1cc(F)ccc1F. The minimum Gasteiger partial charge on any atom is -0.382 e. The van der Waals surface area contributed by atoms with E-state index in [9.17, 15) is 8.78 Å². The molecule has 0 aromatic heterocycles. The van der Waals surface area contributed by atoms with Gasteiger partial charge in [-0.25, -0.2) is 8.78 Å². The molecule has 0 saturated heterocycles. The van der Waals surface area contributed by atoms with Crippen LogP contribution in [0.2, 0.25) is 0 Å². The molecule has 0 bridgehead atoms. The Morgan fingerprint density at radius 2 is 2.14 bits per heavy atom. The molecule has 0 aliphatic rings. The molecule has 4 heteroatoms. The lowest BCUT2D eigenvalue weighted by Gasteiger charge is -2.06. The molecule has 0 saturated carbocycles. The van der Waals surface area contributed by atoms with Crippen molar-refractivity contribution in [2.45, 2.75) is 6.92 Å². The van der Waals surface area contributed by atoms with E-state index < -0.39 is 11.6 Å². The summed E-state index contributed by atoms with van der Waals surface area (Å²) in [5.74, 6) is 1.10. The molecule has 0 unspecified atom stereocenters. The van der Waals surface area contributed by atoms with Crippen LogP contribution in [-0.2, 0) is 0 Å². The fourth-order valence-corrected chi connectivity index (χ4v) is 1.57. The molecule has 1 nitrogen and oxygen atoms in total. The second-order valence-electron chi connectivity index (χ2n) is 2.75. The van der Waals surface area contributed by atoms with Crippen LogP contribution in [0.1, 0.15) is 6.92 Å². The average molecular weight is 217 g/mol. The van der Waals surface area contributed by atoms with Crippen LogP contribution >= 0.6 is 11.8 Å². The Hall–Kier alpha value is -0.770. The zero-order valence-electron chi connectivity index (χ0n) is 8.02. The van der Waals surface area contributed by atoms with E-state index in [1.165, 1.54) is 6.07 Å². The Balaban J connectivity index is 2.45. The Bertz CT molecular complexity index is 291. The van der Waals surface area contributed by atoms with Crippen LogP contribution in [0.15, 0.2) is 18.2 Å². The Morgan fingerprint density at radius 3 is 2.86 bits per heavy atom. The van der Waals surface area contributed by atoms with Crippen LogP contribution < -0.4 is 5.32 Å². The second kappa shape index (κ2) is 5.86. The summed E-state index contributed by atoms with van der Waals surface area (Å²) in [6, 6.07) is 3.41. The summed E-state index contributed by atoms with van der Waals surface area (Å²) in [5.41, 5.74) is 0.238. The van der Waals surface area contributed by atoms with Gasteiger partial charge < -0.3 is 5.32 Å². The van der Waals surface area contributed by atoms with Gasteiger partial charge in [-0.15, -0.1) is 0 Å². The van der Waals surface area contributed by atoms with Gasteiger partial charge in [0.15, 0.2) is 0 Å². The highest BCUT2D eigenvalue weighted by Crippen LogP contribution is 2.15. The number of thioether (sulfide) groups is 1. The van der Waals surface area contributed by atoms with Crippen molar-refractivity contribution in [3.63, 3.8) is 0 Å². The summed E-state index contributed by atoms with van der Waals surface area (Å²) >= 11 is 1.76. The van der Waals surface area contributed by atoms with Crippen LogP contribution in [0.4, 0.5) is 14.5 Å². The Labute approximate surface area is 86.9 Å². The standard InChI is InChI=1S/C10H13F2NS/c1-2-14-6-5-13-10-7-8(11)3-4-9(10)12/h3-4,7,13H,2,5-6H2,1H3. The van der Waals surface area contributed by atoms with Gasteiger partial charge in [0.25, 0.3) is 0 Å². The maximum absolute atomic E-state index is 13.0. The number of halogens is 2. The molecule has 0 aliphatic carbocycles. The lowest BCUT2D eigenvalue weighted by atomic mass is 10.3. The van der Waals surface area contributed by atoms with Gasteiger partial charge >= 0.3 is 0 Å². The summed E-state index contributed by atoms with van der Waals surface area (Å²) < 4.78 is 25.8. The van der Waals surface area contributed by atoms with Gasteiger partial charge in [-0.05, 0) is 24.0 Å². The van der Waals surface area contributed by atoms with E-state index in [4.69, 9.17) is 0 Å². The molecule has 1 aromatic rings. The quantitative estimate of drug-likeness (QED) is 0.760. The molecule has 0 heterocycles. The van der Waals surface area contributed by atoms with Crippen molar-refractivity contribution < 1.29 is 8.78 Å². The molecule has 14 heavy (non-hydrogen) atoms. The zero-order valence-corrected chi connectivity index (χ0v) is 8.83. The third-order valence-electron chi connectivity index (χ3n) is 1.69. The topological polar surface area (TPSA) is 12.0 Å². The normalized spacial score (nSPS) is 10.2. The van der Waals surface area contributed by atoms with Crippen LogP contribution in [0.3, 0.4) is 0 Å². The minimum atomic E-state index is -0.419. The molecule has 0 aliphatic heterocycles. The summed E-state index contributed by atoms with van der Waals surface area (Å²) in [6.07, 6.45) is 0. The first kappa shape index (κ1) is 11.3. The number of hydrogen-bond acceptors (Lipinski definition) is 2. The lowest BCUT2D eigenvalue weighted by Crippen LogP contribution is -2.06. The number of hydrogen-bond donors (Lipinski definition) is 1. The molecule has 0 radical (unpaired) electrons. The van der Waals surface area contributed by atoms with Gasteiger partial charge in [0.05, 0.1) is 5.69 Å². The fourth-order valence-electron chi connectivity index (χ4n) is 1.04. The van der Waals surface area contributed by atoms with Gasteiger partial charge in [0, 0.05) is 12.3 Å². The lowest BCUT2D eigenvalue weighted by molar-refractivity contribution is 0.602. The van der Waals surface area contributed by atoms with Gasteiger partial charge in [-0.2, -0.15) is 11.8 Å². The van der Waals surface area contributed by atoms with Crippen LogP contribution in [-0.4, -0.2) is 18.1 Å². The predicted molar refractivity (Wildman–Crippen MR) is 57.8 cm³/mol. The van der Waals surface area contributed by atoms with Gasteiger partial charge in [0.1, 0.15) is 11.6 Å². The highest BCUT2D eigenvalue weighted by atomic mass is 32.2. The van der Waals surface area contributed by atoms with Crippen molar-refractivity contribution >= 4 is 17.4 Å². The fraction of sp³-hybridized carbons (Fsp3) is 0.400. The van der Waals surface area contributed by atoms with E-state index in [0.29, 0.717) is 6.54 Å². The van der Waals surface area contributed by atoms with Gasteiger partial charge in [-0.3, -0.25) is 0 Å². The van der Waals surface area contributed by atoms with E-state index in [2.05, 4.69) is 12.2 Å². The molecule has 1 rings (SSSR count). The molecule has 0 atom stereocenters. The second-order valence-corrected chi connectivity index (χ2v) is 4.14. The maximum atomic E-state index is 13.0. The van der Waals surface area contributed by atoms with Crippen LogP contribution in [0.5, 0.6) is 0 Å². The van der Waals surface area contributed by atoms with E-state index in [1.807, 2.05) is 0 Å². The summed E-state index contributed by atoms with van der Waals surface area (Å²) in [7, 11) is 0. The van der Waals surface area contributed by atoms with Crippen molar-refractivity contribution in [3.8, 4) is 0 Å². The monoisotopic (exact) mass is 217 g/mol. The number of rotatable bonds is 5. The molecule has 0 amide bonds.